The Hall–Kier alpha value is -2.41. The summed E-state index contributed by atoms with van der Waals surface area (Å²) in [5.74, 6) is -0.0271. The van der Waals surface area contributed by atoms with Gasteiger partial charge in [0.25, 0.3) is 0 Å². The number of anilines is 1. The van der Waals surface area contributed by atoms with Crippen LogP contribution in [0.3, 0.4) is 0 Å². The topological polar surface area (TPSA) is 83.6 Å². The number of hydrogen-bond donors (Lipinski definition) is 2. The first-order valence-corrected chi connectivity index (χ1v) is 8.65. The van der Waals surface area contributed by atoms with E-state index in [1.165, 1.54) is 23.7 Å². The van der Waals surface area contributed by atoms with Crippen molar-refractivity contribution in [1.29, 1.82) is 0 Å². The maximum Gasteiger partial charge on any atom is 0.237 e. The van der Waals surface area contributed by atoms with Crippen molar-refractivity contribution >= 4 is 34.5 Å². The van der Waals surface area contributed by atoms with E-state index in [0.717, 1.165) is 21.8 Å². The summed E-state index contributed by atoms with van der Waals surface area (Å²) in [6.45, 7) is 6.02. The average Bonchev–Trinajstić information content (AvgIpc) is 3.04. The van der Waals surface area contributed by atoms with Crippen molar-refractivity contribution in [2.75, 3.05) is 5.32 Å². The molecule has 2 heterocycles. The zero-order valence-corrected chi connectivity index (χ0v) is 14.6. The summed E-state index contributed by atoms with van der Waals surface area (Å²) in [5, 5.41) is 3.51. The Labute approximate surface area is 144 Å². The molecule has 0 spiro atoms. The van der Waals surface area contributed by atoms with E-state index in [2.05, 4.69) is 31.3 Å². The Morgan fingerprint density at radius 2 is 2.12 bits per heavy atom. The Morgan fingerprint density at radius 3 is 2.88 bits per heavy atom. The van der Waals surface area contributed by atoms with Crippen LogP contribution < -0.4 is 5.32 Å². The van der Waals surface area contributed by atoms with Crippen molar-refractivity contribution in [1.82, 2.24) is 19.9 Å². The SMILES string of the molecule is CC[C@@H](Sc1ncnc2nc[nH]c12)C(=O)Nc1ccc(C)cc1C. The van der Waals surface area contributed by atoms with Crippen molar-refractivity contribution in [3.05, 3.63) is 42.0 Å². The van der Waals surface area contributed by atoms with Crippen molar-refractivity contribution in [2.45, 2.75) is 37.5 Å². The molecule has 124 valence electrons. The number of aromatic nitrogens is 4. The zero-order valence-electron chi connectivity index (χ0n) is 13.8. The molecular formula is C17H19N5OS. The lowest BCUT2D eigenvalue weighted by atomic mass is 10.1. The van der Waals surface area contributed by atoms with Crippen LogP contribution >= 0.6 is 11.8 Å². The first-order valence-electron chi connectivity index (χ1n) is 7.77. The minimum Gasteiger partial charge on any atom is -0.341 e. The number of aromatic amines is 1. The molecule has 0 aliphatic rings. The van der Waals surface area contributed by atoms with Gasteiger partial charge >= 0.3 is 0 Å². The highest BCUT2D eigenvalue weighted by atomic mass is 32.2. The molecule has 1 amide bonds. The van der Waals surface area contributed by atoms with E-state index >= 15 is 0 Å². The first kappa shape index (κ1) is 16.4. The molecule has 0 fully saturated rings. The quantitative estimate of drug-likeness (QED) is 0.548. The summed E-state index contributed by atoms with van der Waals surface area (Å²) in [6, 6.07) is 6.00. The lowest BCUT2D eigenvalue weighted by molar-refractivity contribution is -0.115. The van der Waals surface area contributed by atoms with Crippen LogP contribution in [0.15, 0.2) is 35.9 Å². The van der Waals surface area contributed by atoms with E-state index in [1.54, 1.807) is 6.33 Å². The number of hydrogen-bond acceptors (Lipinski definition) is 5. The van der Waals surface area contributed by atoms with E-state index in [0.29, 0.717) is 12.1 Å². The molecule has 3 aromatic rings. The fourth-order valence-electron chi connectivity index (χ4n) is 2.46. The van der Waals surface area contributed by atoms with Gasteiger partial charge in [0.2, 0.25) is 5.91 Å². The molecule has 6 nitrogen and oxygen atoms in total. The van der Waals surface area contributed by atoms with Crippen LogP contribution in [-0.4, -0.2) is 31.1 Å². The smallest absolute Gasteiger partial charge is 0.237 e. The van der Waals surface area contributed by atoms with Gasteiger partial charge in [-0.25, -0.2) is 15.0 Å². The molecule has 2 N–H and O–H groups in total. The Morgan fingerprint density at radius 1 is 1.29 bits per heavy atom. The number of imidazole rings is 1. The van der Waals surface area contributed by atoms with Crippen LogP contribution in [0.5, 0.6) is 0 Å². The highest BCUT2D eigenvalue weighted by Gasteiger charge is 2.21. The number of carbonyl (C=O) groups is 1. The molecule has 1 aromatic carbocycles. The summed E-state index contributed by atoms with van der Waals surface area (Å²) in [5.41, 5.74) is 4.45. The van der Waals surface area contributed by atoms with E-state index < -0.39 is 0 Å². The number of amides is 1. The normalized spacial score (nSPS) is 12.3. The van der Waals surface area contributed by atoms with Crippen molar-refractivity contribution in [2.24, 2.45) is 0 Å². The number of rotatable bonds is 5. The summed E-state index contributed by atoms with van der Waals surface area (Å²) in [7, 11) is 0. The van der Waals surface area contributed by atoms with Gasteiger partial charge in [-0.05, 0) is 31.9 Å². The van der Waals surface area contributed by atoms with Crippen LogP contribution in [0.1, 0.15) is 24.5 Å². The standard InChI is InChI=1S/C17H19N5OS/c1-4-13(16(23)22-12-6-5-10(2)7-11(12)3)24-17-14-15(19-8-18-14)20-9-21-17/h5-9,13H,4H2,1-3H3,(H,22,23)(H,18,19,20,21)/t13-/m1/s1. The van der Waals surface area contributed by atoms with Crippen molar-refractivity contribution < 1.29 is 4.79 Å². The number of nitrogens with one attached hydrogen (secondary N) is 2. The van der Waals surface area contributed by atoms with Crippen LogP contribution in [0.4, 0.5) is 5.69 Å². The molecule has 3 rings (SSSR count). The maximum atomic E-state index is 12.7. The van der Waals surface area contributed by atoms with Gasteiger partial charge in [-0.2, -0.15) is 0 Å². The summed E-state index contributed by atoms with van der Waals surface area (Å²) in [6.07, 6.45) is 3.75. The fraction of sp³-hybridized carbons (Fsp3) is 0.294. The van der Waals surface area contributed by atoms with Gasteiger partial charge in [0.05, 0.1) is 11.6 Å². The third kappa shape index (κ3) is 3.41. The molecule has 1 atom stereocenters. The van der Waals surface area contributed by atoms with Crippen LogP contribution in [-0.2, 0) is 4.79 Å². The number of thioether (sulfide) groups is 1. The molecule has 0 radical (unpaired) electrons. The number of fused-ring (bicyclic) bond motifs is 1. The van der Waals surface area contributed by atoms with E-state index in [9.17, 15) is 4.79 Å². The minimum absolute atomic E-state index is 0.0271. The number of nitrogens with zero attached hydrogens (tertiary/aromatic N) is 3. The molecule has 0 aliphatic heterocycles. The molecule has 7 heteroatoms. The molecule has 0 unspecified atom stereocenters. The molecular weight excluding hydrogens is 322 g/mol. The molecule has 0 saturated heterocycles. The van der Waals surface area contributed by atoms with Gasteiger partial charge in [0.15, 0.2) is 5.65 Å². The predicted molar refractivity (Wildman–Crippen MR) is 96.2 cm³/mol. The molecule has 0 saturated carbocycles. The predicted octanol–water partition coefficient (Wildman–Crippen LogP) is 3.48. The Kier molecular flexibility index (Phi) is 4.80. The number of benzene rings is 1. The molecule has 24 heavy (non-hydrogen) atoms. The second-order valence-corrected chi connectivity index (χ2v) is 6.79. The highest BCUT2D eigenvalue weighted by molar-refractivity contribution is 8.00. The monoisotopic (exact) mass is 341 g/mol. The number of carbonyl (C=O) groups excluding carboxylic acids is 1. The second kappa shape index (κ2) is 7.00. The lowest BCUT2D eigenvalue weighted by Gasteiger charge is -2.16. The minimum atomic E-state index is -0.243. The summed E-state index contributed by atoms with van der Waals surface area (Å²) in [4.78, 5) is 28.2. The van der Waals surface area contributed by atoms with Gasteiger partial charge in [0, 0.05) is 5.69 Å². The maximum absolute atomic E-state index is 12.7. The van der Waals surface area contributed by atoms with Crippen LogP contribution in [0.25, 0.3) is 11.2 Å². The number of H-pyrrole nitrogens is 1. The van der Waals surface area contributed by atoms with E-state index in [-0.39, 0.29) is 11.2 Å². The fourth-order valence-corrected chi connectivity index (χ4v) is 3.43. The largest absolute Gasteiger partial charge is 0.341 e. The summed E-state index contributed by atoms with van der Waals surface area (Å²) < 4.78 is 0. The molecule has 2 aromatic heterocycles. The molecule has 0 aliphatic carbocycles. The summed E-state index contributed by atoms with van der Waals surface area (Å²) >= 11 is 1.42. The van der Waals surface area contributed by atoms with Gasteiger partial charge in [-0.15, -0.1) is 0 Å². The Bertz CT molecular complexity index is 876. The molecule has 0 bridgehead atoms. The van der Waals surface area contributed by atoms with Gasteiger partial charge in [-0.3, -0.25) is 4.79 Å². The zero-order chi connectivity index (χ0) is 17.1. The third-order valence-electron chi connectivity index (χ3n) is 3.75. The average molecular weight is 341 g/mol. The lowest BCUT2D eigenvalue weighted by Crippen LogP contribution is -2.25. The van der Waals surface area contributed by atoms with Gasteiger partial charge < -0.3 is 10.3 Å². The second-order valence-electron chi connectivity index (χ2n) is 5.60. The van der Waals surface area contributed by atoms with Gasteiger partial charge in [0.1, 0.15) is 16.9 Å². The Balaban J connectivity index is 1.78. The van der Waals surface area contributed by atoms with Crippen LogP contribution in [0.2, 0.25) is 0 Å². The first-order chi connectivity index (χ1) is 11.6. The van der Waals surface area contributed by atoms with Gasteiger partial charge in [-0.1, -0.05) is 36.4 Å². The van der Waals surface area contributed by atoms with Crippen molar-refractivity contribution in [3.8, 4) is 0 Å². The van der Waals surface area contributed by atoms with Crippen LogP contribution in [0, 0.1) is 13.8 Å². The van der Waals surface area contributed by atoms with E-state index in [4.69, 9.17) is 0 Å². The highest BCUT2D eigenvalue weighted by Crippen LogP contribution is 2.29. The third-order valence-corrected chi connectivity index (χ3v) is 5.11. The van der Waals surface area contributed by atoms with Crippen molar-refractivity contribution in [3.63, 3.8) is 0 Å². The number of aryl methyl sites for hydroxylation is 2. The van der Waals surface area contributed by atoms with E-state index in [1.807, 2.05) is 32.9 Å².